The minimum absolute atomic E-state index is 0.0860. The number of fused-ring (bicyclic) bond motifs is 1. The summed E-state index contributed by atoms with van der Waals surface area (Å²) in [5.41, 5.74) is -5.85. The van der Waals surface area contributed by atoms with Crippen molar-refractivity contribution < 1.29 is 34.8 Å². The Kier molecular flexibility index (Phi) is 5.68. The fourth-order valence-electron chi connectivity index (χ4n) is 4.22. The van der Waals surface area contributed by atoms with Crippen LogP contribution in [0.5, 0.6) is 0 Å². The molecule has 0 saturated heterocycles. The fourth-order valence-corrected chi connectivity index (χ4v) is 5.17. The van der Waals surface area contributed by atoms with Gasteiger partial charge in [0, 0.05) is 31.0 Å². The van der Waals surface area contributed by atoms with Gasteiger partial charge in [0.1, 0.15) is 0 Å². The highest BCUT2D eigenvalue weighted by atomic mass is 32.2. The number of imidazole rings is 1. The molecule has 6 nitrogen and oxygen atoms in total. The van der Waals surface area contributed by atoms with Crippen molar-refractivity contribution in [3.8, 4) is 0 Å². The molecule has 1 N–H and O–H groups in total. The van der Waals surface area contributed by atoms with Crippen LogP contribution in [0.4, 0.5) is 32.0 Å². The van der Waals surface area contributed by atoms with E-state index in [1.165, 1.54) is 18.6 Å². The Bertz CT molecular complexity index is 1060. The van der Waals surface area contributed by atoms with E-state index < -0.39 is 46.4 Å². The van der Waals surface area contributed by atoms with Gasteiger partial charge in [0.25, 0.3) is 0 Å². The predicted octanol–water partition coefficient (Wildman–Crippen LogP) is 4.27. The molecule has 4 rings (SSSR count). The van der Waals surface area contributed by atoms with Crippen LogP contribution in [0.3, 0.4) is 0 Å². The summed E-state index contributed by atoms with van der Waals surface area (Å²) in [6.45, 7) is -1.14. The van der Waals surface area contributed by atoms with Crippen molar-refractivity contribution in [2.75, 3.05) is 11.4 Å². The van der Waals surface area contributed by atoms with Gasteiger partial charge in [0.2, 0.25) is 0 Å². The first-order chi connectivity index (χ1) is 14.9. The number of nitrogens with zero attached hydrogens (tertiary/aromatic N) is 3. The quantitative estimate of drug-likeness (QED) is 0.661. The lowest BCUT2D eigenvalue weighted by Crippen LogP contribution is -2.51. The third-order valence-corrected chi connectivity index (χ3v) is 7.62. The second kappa shape index (κ2) is 7.94. The lowest BCUT2D eigenvalue weighted by atomic mass is 9.79. The van der Waals surface area contributed by atoms with Gasteiger partial charge in [-0.05, 0) is 42.5 Å². The largest absolute Gasteiger partial charge is 0.511 e. The molecule has 32 heavy (non-hydrogen) atoms. The molecule has 0 radical (unpaired) electrons. The number of anilines is 1. The molecule has 1 fully saturated rings. The minimum atomic E-state index is -5.74. The number of hydrogen-bond acceptors (Lipinski definition) is 4. The van der Waals surface area contributed by atoms with Crippen molar-refractivity contribution in [1.29, 1.82) is 0 Å². The molecule has 1 aliphatic carbocycles. The predicted molar refractivity (Wildman–Crippen MR) is 103 cm³/mol. The molecule has 0 amide bonds. The number of H-pyrrole nitrogens is 1. The van der Waals surface area contributed by atoms with Crippen LogP contribution in [-0.2, 0) is 29.3 Å². The van der Waals surface area contributed by atoms with Gasteiger partial charge in [-0.3, -0.25) is 0 Å². The van der Waals surface area contributed by atoms with Gasteiger partial charge in [-0.15, -0.1) is 0 Å². The van der Waals surface area contributed by atoms with Gasteiger partial charge in [-0.2, -0.15) is 30.6 Å². The van der Waals surface area contributed by atoms with Crippen LogP contribution in [0.1, 0.15) is 36.1 Å². The number of halogens is 6. The van der Waals surface area contributed by atoms with Gasteiger partial charge >= 0.3 is 21.7 Å². The van der Waals surface area contributed by atoms with Gasteiger partial charge < -0.3 is 9.88 Å². The molecule has 0 bridgehead atoms. The molecular formula is C19H20F6N4O2S. The minimum Gasteiger partial charge on any atom is -0.361 e. The smallest absolute Gasteiger partial charge is 0.361 e. The third kappa shape index (κ3) is 4.19. The standard InChI is InChI=1S/C19H20F6N4O2S/c20-18(21,22)14-4-5-16-13(6-14)8-28(32(30,31)19(23,24)25)10-17(12-2-1-3-12)29(16)9-15-7-26-11-27-15/h4-7,11-12,17H,1-3,8-10H2,(H,26,27)/t17-/m1/s1. The molecule has 1 aliphatic heterocycles. The highest BCUT2D eigenvalue weighted by Gasteiger charge is 2.52. The first-order valence-corrected chi connectivity index (χ1v) is 11.3. The summed E-state index contributed by atoms with van der Waals surface area (Å²) in [4.78, 5) is 8.51. The zero-order chi connectivity index (χ0) is 23.3. The van der Waals surface area contributed by atoms with Crippen molar-refractivity contribution in [3.63, 3.8) is 0 Å². The third-order valence-electron chi connectivity index (χ3n) is 6.08. The van der Waals surface area contributed by atoms with E-state index in [4.69, 9.17) is 0 Å². The van der Waals surface area contributed by atoms with Crippen molar-refractivity contribution in [2.45, 2.75) is 50.1 Å². The molecule has 1 saturated carbocycles. The highest BCUT2D eigenvalue weighted by Crippen LogP contribution is 2.42. The highest BCUT2D eigenvalue weighted by molar-refractivity contribution is 7.89. The van der Waals surface area contributed by atoms with Crippen LogP contribution >= 0.6 is 0 Å². The van der Waals surface area contributed by atoms with Crippen molar-refractivity contribution in [2.24, 2.45) is 5.92 Å². The van der Waals surface area contributed by atoms with Crippen molar-refractivity contribution >= 4 is 15.7 Å². The number of benzene rings is 1. The monoisotopic (exact) mass is 482 g/mol. The Balaban J connectivity index is 1.85. The Hall–Kier alpha value is -2.28. The Labute approximate surface area is 180 Å². The van der Waals surface area contributed by atoms with E-state index in [-0.39, 0.29) is 28.0 Å². The van der Waals surface area contributed by atoms with Crippen LogP contribution in [-0.4, -0.2) is 40.8 Å². The van der Waals surface area contributed by atoms with E-state index in [1.54, 1.807) is 4.90 Å². The zero-order valence-electron chi connectivity index (χ0n) is 16.6. The van der Waals surface area contributed by atoms with E-state index in [0.29, 0.717) is 18.5 Å². The fraction of sp³-hybridized carbons (Fsp3) is 0.526. The lowest BCUT2D eigenvalue weighted by Gasteiger charge is -2.42. The van der Waals surface area contributed by atoms with Gasteiger partial charge in [-0.25, -0.2) is 13.4 Å². The second-order valence-electron chi connectivity index (χ2n) is 8.05. The zero-order valence-corrected chi connectivity index (χ0v) is 17.4. The number of aromatic amines is 1. The second-order valence-corrected chi connectivity index (χ2v) is 9.98. The van der Waals surface area contributed by atoms with E-state index in [2.05, 4.69) is 9.97 Å². The summed E-state index contributed by atoms with van der Waals surface area (Å²) in [7, 11) is -5.74. The number of rotatable bonds is 4. The van der Waals surface area contributed by atoms with E-state index >= 15 is 0 Å². The summed E-state index contributed by atoms with van der Waals surface area (Å²) in [6, 6.07) is 2.17. The molecule has 0 spiro atoms. The first kappa shape index (κ1) is 22.9. The lowest BCUT2D eigenvalue weighted by molar-refractivity contribution is -0.137. The maximum Gasteiger partial charge on any atom is 0.511 e. The van der Waals surface area contributed by atoms with E-state index in [1.807, 2.05) is 0 Å². The Morgan fingerprint density at radius 3 is 2.38 bits per heavy atom. The van der Waals surface area contributed by atoms with Crippen LogP contribution in [0.15, 0.2) is 30.7 Å². The Morgan fingerprint density at radius 1 is 1.12 bits per heavy atom. The molecule has 2 aromatic rings. The maximum atomic E-state index is 13.4. The molecule has 1 atom stereocenters. The van der Waals surface area contributed by atoms with Crippen LogP contribution < -0.4 is 4.90 Å². The summed E-state index contributed by atoms with van der Waals surface area (Å²) >= 11 is 0. The maximum absolute atomic E-state index is 13.4. The average molecular weight is 482 g/mol. The van der Waals surface area contributed by atoms with Gasteiger partial charge in [-0.1, -0.05) is 6.42 Å². The van der Waals surface area contributed by atoms with E-state index in [9.17, 15) is 34.8 Å². The summed E-state index contributed by atoms with van der Waals surface area (Å²) < 4.78 is 105. The van der Waals surface area contributed by atoms with Crippen LogP contribution in [0, 0.1) is 5.92 Å². The molecule has 2 aliphatic rings. The number of aromatic nitrogens is 2. The van der Waals surface area contributed by atoms with Gasteiger partial charge in [0.05, 0.1) is 24.1 Å². The van der Waals surface area contributed by atoms with Crippen LogP contribution in [0.25, 0.3) is 0 Å². The van der Waals surface area contributed by atoms with Gasteiger partial charge in [0.15, 0.2) is 0 Å². The first-order valence-electron chi connectivity index (χ1n) is 9.88. The number of nitrogens with one attached hydrogen (secondary N) is 1. The number of hydrogen-bond donors (Lipinski definition) is 1. The normalized spacial score (nSPS) is 21.2. The molecule has 1 aromatic heterocycles. The number of alkyl halides is 6. The molecule has 176 valence electrons. The van der Waals surface area contributed by atoms with Crippen molar-refractivity contribution in [1.82, 2.24) is 14.3 Å². The van der Waals surface area contributed by atoms with Crippen LogP contribution in [0.2, 0.25) is 0 Å². The molecule has 0 unspecified atom stereocenters. The summed E-state index contributed by atoms with van der Waals surface area (Å²) in [6.07, 6.45) is 0.442. The summed E-state index contributed by atoms with van der Waals surface area (Å²) in [5, 5.41) is 0. The SMILES string of the molecule is O=S(=O)(N1Cc2cc(C(F)(F)F)ccc2N(Cc2cnc[nH]2)[C@@H](C2CCC2)C1)C(F)(F)F. The molecule has 1 aromatic carbocycles. The topological polar surface area (TPSA) is 69.3 Å². The van der Waals surface area contributed by atoms with E-state index in [0.717, 1.165) is 18.6 Å². The number of sulfonamides is 1. The molecule has 2 heterocycles. The average Bonchev–Trinajstić information content (AvgIpc) is 3.09. The Morgan fingerprint density at radius 2 is 1.84 bits per heavy atom. The molecular weight excluding hydrogens is 462 g/mol. The summed E-state index contributed by atoms with van der Waals surface area (Å²) in [5.74, 6) is -0.0860. The van der Waals surface area contributed by atoms with Crippen molar-refractivity contribution in [3.05, 3.63) is 47.5 Å². The molecule has 13 heteroatoms.